The van der Waals surface area contributed by atoms with Gasteiger partial charge in [0.15, 0.2) is 0 Å². The summed E-state index contributed by atoms with van der Waals surface area (Å²) < 4.78 is 0. The molecular formula is C6H16N4O4. The SMILES string of the molecule is NCCCC(N)C(=O)O.NOC(N)=O. The van der Waals surface area contributed by atoms with Gasteiger partial charge in [-0.25, -0.2) is 4.79 Å². The van der Waals surface area contributed by atoms with E-state index in [1.165, 1.54) is 0 Å². The first kappa shape index (κ1) is 15.1. The third kappa shape index (κ3) is 13.2. The van der Waals surface area contributed by atoms with Gasteiger partial charge in [-0.05, 0) is 19.4 Å². The molecular weight excluding hydrogens is 192 g/mol. The van der Waals surface area contributed by atoms with E-state index in [0.717, 1.165) is 0 Å². The summed E-state index contributed by atoms with van der Waals surface area (Å²) in [7, 11) is 0. The molecule has 8 nitrogen and oxygen atoms in total. The van der Waals surface area contributed by atoms with Gasteiger partial charge in [-0.2, -0.15) is 5.90 Å². The molecule has 0 bridgehead atoms. The van der Waals surface area contributed by atoms with Crippen molar-refractivity contribution in [3.05, 3.63) is 0 Å². The minimum Gasteiger partial charge on any atom is -0.480 e. The van der Waals surface area contributed by atoms with Crippen molar-refractivity contribution in [2.75, 3.05) is 6.54 Å². The topological polar surface area (TPSA) is 168 Å². The van der Waals surface area contributed by atoms with Crippen molar-refractivity contribution >= 4 is 12.1 Å². The molecule has 0 aliphatic carbocycles. The van der Waals surface area contributed by atoms with E-state index < -0.39 is 18.1 Å². The van der Waals surface area contributed by atoms with E-state index in [4.69, 9.17) is 16.6 Å². The summed E-state index contributed by atoms with van der Waals surface area (Å²) in [6.07, 6.45) is 0.171. The fraction of sp³-hybridized carbons (Fsp3) is 0.667. The molecule has 0 aromatic carbocycles. The van der Waals surface area contributed by atoms with Gasteiger partial charge in [0.2, 0.25) is 0 Å². The van der Waals surface area contributed by atoms with Crippen LogP contribution in [0.1, 0.15) is 12.8 Å². The first-order valence-corrected chi connectivity index (χ1v) is 3.80. The van der Waals surface area contributed by atoms with Gasteiger partial charge in [0.05, 0.1) is 0 Å². The Kier molecular flexibility index (Phi) is 10.5. The summed E-state index contributed by atoms with van der Waals surface area (Å²) in [4.78, 5) is 22.7. The second-order valence-corrected chi connectivity index (χ2v) is 2.31. The van der Waals surface area contributed by atoms with Crippen molar-refractivity contribution in [1.82, 2.24) is 0 Å². The Morgan fingerprint density at radius 2 is 1.86 bits per heavy atom. The molecule has 0 aliphatic rings. The number of rotatable bonds is 4. The van der Waals surface area contributed by atoms with Gasteiger partial charge in [-0.15, -0.1) is 0 Å². The number of carboxylic acid groups (broad SMARTS) is 1. The number of carboxylic acids is 1. The molecule has 0 saturated carbocycles. The summed E-state index contributed by atoms with van der Waals surface area (Å²) in [5.41, 5.74) is 14.6. The van der Waals surface area contributed by atoms with E-state index in [9.17, 15) is 9.59 Å². The molecule has 0 aliphatic heterocycles. The molecule has 0 rings (SSSR count). The third-order valence-electron chi connectivity index (χ3n) is 1.15. The van der Waals surface area contributed by atoms with E-state index in [0.29, 0.717) is 19.4 Å². The van der Waals surface area contributed by atoms with Crippen LogP contribution in [0.15, 0.2) is 0 Å². The van der Waals surface area contributed by atoms with Crippen LogP contribution in [-0.2, 0) is 9.63 Å². The summed E-state index contributed by atoms with van der Waals surface area (Å²) in [5.74, 6) is 3.24. The average Bonchev–Trinajstić information content (AvgIpc) is 2.14. The molecule has 0 aromatic rings. The molecule has 1 atom stereocenters. The lowest BCUT2D eigenvalue weighted by atomic mass is 10.2. The Morgan fingerprint density at radius 3 is 2.07 bits per heavy atom. The van der Waals surface area contributed by atoms with Gasteiger partial charge < -0.3 is 27.1 Å². The fourth-order valence-electron chi connectivity index (χ4n) is 0.461. The van der Waals surface area contributed by atoms with Gasteiger partial charge in [0.25, 0.3) is 0 Å². The molecule has 0 heterocycles. The molecule has 0 spiro atoms. The molecule has 84 valence electrons. The van der Waals surface area contributed by atoms with Crippen LogP contribution < -0.4 is 23.1 Å². The van der Waals surface area contributed by atoms with Gasteiger partial charge in [0, 0.05) is 0 Å². The smallest absolute Gasteiger partial charge is 0.423 e. The van der Waals surface area contributed by atoms with Crippen molar-refractivity contribution in [3.63, 3.8) is 0 Å². The lowest BCUT2D eigenvalue weighted by molar-refractivity contribution is -0.138. The van der Waals surface area contributed by atoms with E-state index in [1.807, 2.05) is 0 Å². The lowest BCUT2D eigenvalue weighted by Gasteiger charge is -2.02. The zero-order valence-electron chi connectivity index (χ0n) is 7.68. The second kappa shape index (κ2) is 9.71. The van der Waals surface area contributed by atoms with Gasteiger partial charge in [-0.1, -0.05) is 0 Å². The minimum absolute atomic E-state index is 0.464. The maximum absolute atomic E-state index is 10.0. The minimum atomic E-state index is -0.968. The number of hydrogen-bond acceptors (Lipinski definition) is 6. The summed E-state index contributed by atoms with van der Waals surface area (Å²) >= 11 is 0. The molecule has 14 heavy (non-hydrogen) atoms. The maximum Gasteiger partial charge on any atom is 0.423 e. The standard InChI is InChI=1S/C5H12N2O2.CH4N2O2/c6-3-1-2-4(7)5(8)9;2-1(4)5-3/h4H,1-3,6-7H2,(H,8,9);3H2,(H2,2,4). The van der Waals surface area contributed by atoms with Crippen LogP contribution >= 0.6 is 0 Å². The third-order valence-corrected chi connectivity index (χ3v) is 1.15. The summed E-state index contributed by atoms with van der Waals surface area (Å²) in [6, 6.07) is -0.742. The number of carbonyl (C=O) groups is 2. The lowest BCUT2D eigenvalue weighted by Crippen LogP contribution is -2.30. The molecule has 0 aromatic heterocycles. The molecule has 0 radical (unpaired) electrons. The normalized spacial score (nSPS) is 10.8. The zero-order valence-corrected chi connectivity index (χ0v) is 7.68. The first-order valence-electron chi connectivity index (χ1n) is 3.80. The van der Waals surface area contributed by atoms with Gasteiger partial charge in [-0.3, -0.25) is 4.79 Å². The van der Waals surface area contributed by atoms with Crippen molar-refractivity contribution < 1.29 is 19.5 Å². The highest BCUT2D eigenvalue weighted by Gasteiger charge is 2.08. The van der Waals surface area contributed by atoms with E-state index in [-0.39, 0.29) is 0 Å². The van der Waals surface area contributed by atoms with Gasteiger partial charge >= 0.3 is 12.1 Å². The maximum atomic E-state index is 10.0. The number of aliphatic carboxylic acids is 1. The highest BCUT2D eigenvalue weighted by molar-refractivity contribution is 5.72. The summed E-state index contributed by atoms with van der Waals surface area (Å²) in [5, 5.41) is 8.24. The van der Waals surface area contributed by atoms with Crippen molar-refractivity contribution in [2.24, 2.45) is 23.1 Å². The Balaban J connectivity index is 0. The molecule has 8 heteroatoms. The molecule has 0 saturated heterocycles. The van der Waals surface area contributed by atoms with Crippen molar-refractivity contribution in [3.8, 4) is 0 Å². The predicted molar refractivity (Wildman–Crippen MR) is 48.8 cm³/mol. The average molecular weight is 208 g/mol. The van der Waals surface area contributed by atoms with Crippen LogP contribution in [0, 0.1) is 0 Å². The van der Waals surface area contributed by atoms with Crippen LogP contribution in [0.4, 0.5) is 4.79 Å². The number of amides is 1. The van der Waals surface area contributed by atoms with Crippen molar-refractivity contribution in [1.29, 1.82) is 0 Å². The molecule has 9 N–H and O–H groups in total. The van der Waals surface area contributed by atoms with Crippen LogP contribution in [0.25, 0.3) is 0 Å². The van der Waals surface area contributed by atoms with Gasteiger partial charge in [0.1, 0.15) is 6.04 Å². The molecule has 1 amide bonds. The second-order valence-electron chi connectivity index (χ2n) is 2.31. The van der Waals surface area contributed by atoms with Crippen LogP contribution in [0.2, 0.25) is 0 Å². The quantitative estimate of drug-likeness (QED) is 0.336. The number of primary amides is 1. The predicted octanol–water partition coefficient (Wildman–Crippen LogP) is -1.91. The largest absolute Gasteiger partial charge is 0.480 e. The summed E-state index contributed by atoms with van der Waals surface area (Å²) in [6.45, 7) is 0.501. The Morgan fingerprint density at radius 1 is 1.43 bits per heavy atom. The molecule has 0 fully saturated rings. The van der Waals surface area contributed by atoms with Crippen LogP contribution in [-0.4, -0.2) is 29.8 Å². The fourth-order valence-corrected chi connectivity index (χ4v) is 0.461. The van der Waals surface area contributed by atoms with Crippen molar-refractivity contribution in [2.45, 2.75) is 18.9 Å². The van der Waals surface area contributed by atoms with Crippen LogP contribution in [0.3, 0.4) is 0 Å². The first-order chi connectivity index (χ1) is 6.45. The molecule has 1 unspecified atom stereocenters. The van der Waals surface area contributed by atoms with E-state index >= 15 is 0 Å². The Labute approximate surface area is 81.1 Å². The van der Waals surface area contributed by atoms with E-state index in [1.54, 1.807) is 0 Å². The zero-order chi connectivity index (χ0) is 11.6. The number of nitrogens with two attached hydrogens (primary N) is 4. The Hall–Kier alpha value is -1.38. The van der Waals surface area contributed by atoms with Crippen LogP contribution in [0.5, 0.6) is 0 Å². The monoisotopic (exact) mass is 208 g/mol. The number of carbonyl (C=O) groups excluding carboxylic acids is 1. The highest BCUT2D eigenvalue weighted by atomic mass is 16.7. The van der Waals surface area contributed by atoms with E-state index in [2.05, 4.69) is 16.5 Å². The number of hydrogen-bond donors (Lipinski definition) is 5. The highest BCUT2D eigenvalue weighted by Crippen LogP contribution is 1.91. The Bertz CT molecular complexity index is 175.